The van der Waals surface area contributed by atoms with Crippen LogP contribution in [-0.4, -0.2) is 69.3 Å². The number of methoxy groups -OCH3 is 1. The molecule has 1 aliphatic rings. The molecule has 1 aliphatic heterocycles. The predicted molar refractivity (Wildman–Crippen MR) is 72.2 cm³/mol. The van der Waals surface area contributed by atoms with Gasteiger partial charge in [0, 0.05) is 26.7 Å². The highest BCUT2D eigenvalue weighted by molar-refractivity contribution is 4.91. The fourth-order valence-electron chi connectivity index (χ4n) is 2.87. The van der Waals surface area contributed by atoms with Crippen LogP contribution in [0.25, 0.3) is 0 Å². The van der Waals surface area contributed by atoms with Crippen LogP contribution in [0.15, 0.2) is 0 Å². The van der Waals surface area contributed by atoms with E-state index in [-0.39, 0.29) is 5.54 Å². The summed E-state index contributed by atoms with van der Waals surface area (Å²) in [7, 11) is 6.15. The molecular formula is C13H29N3O. The molecule has 2 unspecified atom stereocenters. The lowest BCUT2D eigenvalue weighted by molar-refractivity contribution is 0.0202. The Hall–Kier alpha value is -0.160. The summed E-state index contributed by atoms with van der Waals surface area (Å²) < 4.78 is 5.36. The Morgan fingerprint density at radius 2 is 2.24 bits per heavy atom. The van der Waals surface area contributed by atoms with E-state index in [0.29, 0.717) is 6.54 Å². The molecule has 4 heteroatoms. The van der Waals surface area contributed by atoms with Gasteiger partial charge in [-0.25, -0.2) is 0 Å². The van der Waals surface area contributed by atoms with E-state index in [0.717, 1.165) is 25.5 Å². The molecule has 2 N–H and O–H groups in total. The molecular weight excluding hydrogens is 214 g/mol. The Morgan fingerprint density at radius 1 is 1.53 bits per heavy atom. The average molecular weight is 243 g/mol. The van der Waals surface area contributed by atoms with Crippen LogP contribution < -0.4 is 5.73 Å². The Labute approximate surface area is 106 Å². The minimum Gasteiger partial charge on any atom is -0.383 e. The number of nitrogens with two attached hydrogens (primary N) is 1. The number of hydrogen-bond acceptors (Lipinski definition) is 4. The van der Waals surface area contributed by atoms with Gasteiger partial charge in [-0.3, -0.25) is 4.90 Å². The van der Waals surface area contributed by atoms with E-state index in [1.807, 2.05) is 0 Å². The second-order valence-electron chi connectivity index (χ2n) is 5.51. The van der Waals surface area contributed by atoms with Gasteiger partial charge in [0.2, 0.25) is 0 Å². The Morgan fingerprint density at radius 3 is 2.65 bits per heavy atom. The lowest BCUT2D eigenvalue weighted by atomic mass is 9.93. The van der Waals surface area contributed by atoms with Crippen molar-refractivity contribution < 1.29 is 4.74 Å². The van der Waals surface area contributed by atoms with E-state index >= 15 is 0 Å². The van der Waals surface area contributed by atoms with Crippen LogP contribution in [0, 0.1) is 5.92 Å². The van der Waals surface area contributed by atoms with Crippen molar-refractivity contribution in [1.82, 2.24) is 9.80 Å². The first-order valence-electron chi connectivity index (χ1n) is 6.66. The number of ether oxygens (including phenoxy) is 1. The summed E-state index contributed by atoms with van der Waals surface area (Å²) in [6.45, 7) is 7.14. The Balaban J connectivity index is 2.55. The van der Waals surface area contributed by atoms with Crippen molar-refractivity contribution in [2.24, 2.45) is 11.7 Å². The Kier molecular flexibility index (Phi) is 5.86. The van der Waals surface area contributed by atoms with Gasteiger partial charge in [-0.15, -0.1) is 0 Å². The fourth-order valence-corrected chi connectivity index (χ4v) is 2.87. The monoisotopic (exact) mass is 243 g/mol. The zero-order valence-corrected chi connectivity index (χ0v) is 11.9. The van der Waals surface area contributed by atoms with Gasteiger partial charge in [0.05, 0.1) is 12.1 Å². The van der Waals surface area contributed by atoms with Gasteiger partial charge in [-0.05, 0) is 39.4 Å². The quantitative estimate of drug-likeness (QED) is 0.712. The summed E-state index contributed by atoms with van der Waals surface area (Å²) in [5, 5.41) is 0. The first kappa shape index (κ1) is 14.9. The molecule has 1 heterocycles. The smallest absolute Gasteiger partial charge is 0.0658 e. The lowest BCUT2D eigenvalue weighted by Crippen LogP contribution is -2.56. The third-order valence-corrected chi connectivity index (χ3v) is 4.28. The zero-order chi connectivity index (χ0) is 12.9. The van der Waals surface area contributed by atoms with Crippen LogP contribution in [0.2, 0.25) is 0 Å². The number of rotatable bonds is 7. The summed E-state index contributed by atoms with van der Waals surface area (Å²) >= 11 is 0. The van der Waals surface area contributed by atoms with Gasteiger partial charge in [0.15, 0.2) is 0 Å². The second kappa shape index (κ2) is 6.69. The molecule has 0 aliphatic carbocycles. The summed E-state index contributed by atoms with van der Waals surface area (Å²) in [6, 6.07) is 0. The molecule has 4 nitrogen and oxygen atoms in total. The van der Waals surface area contributed by atoms with E-state index in [1.54, 1.807) is 7.11 Å². The highest BCUT2D eigenvalue weighted by Gasteiger charge is 2.33. The van der Waals surface area contributed by atoms with Crippen molar-refractivity contribution in [2.75, 3.05) is 54.0 Å². The van der Waals surface area contributed by atoms with Crippen molar-refractivity contribution >= 4 is 0 Å². The predicted octanol–water partition coefficient (Wildman–Crippen LogP) is 0.624. The third-order valence-electron chi connectivity index (χ3n) is 4.28. The third kappa shape index (κ3) is 3.65. The standard InChI is InChI=1S/C13H29N3O/c1-5-13(10-14,11-17-4)16(3)9-12-6-7-15(2)8-12/h12H,5-11,14H2,1-4H3. The van der Waals surface area contributed by atoms with Crippen molar-refractivity contribution in [3.63, 3.8) is 0 Å². The van der Waals surface area contributed by atoms with E-state index in [4.69, 9.17) is 10.5 Å². The van der Waals surface area contributed by atoms with E-state index in [2.05, 4.69) is 30.8 Å². The molecule has 102 valence electrons. The average Bonchev–Trinajstić information content (AvgIpc) is 2.71. The zero-order valence-electron chi connectivity index (χ0n) is 11.9. The summed E-state index contributed by atoms with van der Waals surface area (Å²) in [6.07, 6.45) is 2.34. The van der Waals surface area contributed by atoms with Crippen molar-refractivity contribution in [3.8, 4) is 0 Å². The van der Waals surface area contributed by atoms with Gasteiger partial charge in [0.25, 0.3) is 0 Å². The fraction of sp³-hybridized carbons (Fsp3) is 1.00. The molecule has 1 saturated heterocycles. The number of nitrogens with zero attached hydrogens (tertiary/aromatic N) is 2. The maximum Gasteiger partial charge on any atom is 0.0658 e. The Bertz CT molecular complexity index is 219. The van der Waals surface area contributed by atoms with Gasteiger partial charge in [0.1, 0.15) is 0 Å². The number of likely N-dealkylation sites (N-methyl/N-ethyl adjacent to an activating group) is 1. The van der Waals surface area contributed by atoms with Crippen LogP contribution in [0.5, 0.6) is 0 Å². The van der Waals surface area contributed by atoms with Crippen LogP contribution >= 0.6 is 0 Å². The minimum atomic E-state index is 0.00983. The largest absolute Gasteiger partial charge is 0.383 e. The molecule has 2 atom stereocenters. The first-order chi connectivity index (χ1) is 8.07. The SMILES string of the molecule is CCC(CN)(COC)N(C)CC1CCN(C)C1. The highest BCUT2D eigenvalue weighted by Crippen LogP contribution is 2.22. The van der Waals surface area contributed by atoms with Gasteiger partial charge < -0.3 is 15.4 Å². The van der Waals surface area contributed by atoms with Gasteiger partial charge in [-0.1, -0.05) is 6.92 Å². The van der Waals surface area contributed by atoms with Gasteiger partial charge >= 0.3 is 0 Å². The van der Waals surface area contributed by atoms with Crippen LogP contribution in [0.4, 0.5) is 0 Å². The molecule has 0 aromatic carbocycles. The van der Waals surface area contributed by atoms with Crippen molar-refractivity contribution in [2.45, 2.75) is 25.3 Å². The molecule has 0 amide bonds. The summed E-state index contributed by atoms with van der Waals surface area (Å²) in [5.74, 6) is 0.777. The highest BCUT2D eigenvalue weighted by atomic mass is 16.5. The topological polar surface area (TPSA) is 41.7 Å². The molecule has 1 fully saturated rings. The normalized spacial score (nSPS) is 25.4. The molecule has 17 heavy (non-hydrogen) atoms. The molecule has 0 radical (unpaired) electrons. The molecule has 0 spiro atoms. The number of likely N-dealkylation sites (tertiary alicyclic amines) is 1. The van der Waals surface area contributed by atoms with Crippen LogP contribution in [-0.2, 0) is 4.74 Å². The maximum absolute atomic E-state index is 5.97. The molecule has 0 aromatic heterocycles. The first-order valence-corrected chi connectivity index (χ1v) is 6.66. The maximum atomic E-state index is 5.97. The summed E-state index contributed by atoms with van der Waals surface area (Å²) in [4.78, 5) is 4.82. The van der Waals surface area contributed by atoms with E-state index < -0.39 is 0 Å². The van der Waals surface area contributed by atoms with Crippen LogP contribution in [0.3, 0.4) is 0 Å². The number of hydrogen-bond donors (Lipinski definition) is 1. The minimum absolute atomic E-state index is 0.00983. The molecule has 0 bridgehead atoms. The van der Waals surface area contributed by atoms with E-state index in [1.165, 1.54) is 19.5 Å². The van der Waals surface area contributed by atoms with Crippen molar-refractivity contribution in [3.05, 3.63) is 0 Å². The van der Waals surface area contributed by atoms with E-state index in [9.17, 15) is 0 Å². The molecule has 1 rings (SSSR count). The molecule has 0 saturated carbocycles. The van der Waals surface area contributed by atoms with Gasteiger partial charge in [-0.2, -0.15) is 0 Å². The van der Waals surface area contributed by atoms with Crippen LogP contribution in [0.1, 0.15) is 19.8 Å². The molecule has 0 aromatic rings. The summed E-state index contributed by atoms with van der Waals surface area (Å²) in [5.41, 5.74) is 5.98. The lowest BCUT2D eigenvalue weighted by Gasteiger charge is -2.41. The van der Waals surface area contributed by atoms with Crippen molar-refractivity contribution in [1.29, 1.82) is 0 Å². The second-order valence-corrected chi connectivity index (χ2v) is 5.51.